The average Bonchev–Trinajstić information content (AvgIpc) is 2.72. The number of thioether (sulfide) groups is 1. The highest BCUT2D eigenvalue weighted by molar-refractivity contribution is 8.00. The lowest BCUT2D eigenvalue weighted by molar-refractivity contribution is 0.221. The van der Waals surface area contributed by atoms with Gasteiger partial charge in [0.1, 0.15) is 6.07 Å². The maximum absolute atomic E-state index is 9.71. The zero-order chi connectivity index (χ0) is 14.9. The molecule has 1 saturated heterocycles. The van der Waals surface area contributed by atoms with Gasteiger partial charge in [0, 0.05) is 17.2 Å². The third-order valence-corrected chi connectivity index (χ3v) is 7.21. The topological polar surface area (TPSA) is 27.0 Å². The second-order valence-electron chi connectivity index (χ2n) is 6.04. The molecule has 1 aromatic carbocycles. The predicted molar refractivity (Wildman–Crippen MR) is 92.3 cm³/mol. The lowest BCUT2D eigenvalue weighted by atomic mass is 9.90. The van der Waals surface area contributed by atoms with Crippen molar-refractivity contribution >= 4 is 23.1 Å². The summed E-state index contributed by atoms with van der Waals surface area (Å²) in [5, 5.41) is 9.71. The SMILES string of the molecule is N#Cc1c(SCc2ccccc2)sc2c1C1CCN(CC1)C2. The van der Waals surface area contributed by atoms with Crippen molar-refractivity contribution in [3.63, 3.8) is 0 Å². The second-order valence-corrected chi connectivity index (χ2v) is 8.39. The average molecular weight is 326 g/mol. The van der Waals surface area contributed by atoms with Crippen molar-refractivity contribution in [1.29, 1.82) is 5.26 Å². The van der Waals surface area contributed by atoms with Crippen LogP contribution < -0.4 is 0 Å². The van der Waals surface area contributed by atoms with Crippen molar-refractivity contribution in [2.24, 2.45) is 0 Å². The standard InChI is InChI=1S/C18H18N2S2/c19-10-15-17-14-6-8-20(9-7-14)11-16(17)22-18(15)21-12-13-4-2-1-3-5-13/h1-5,14H,6-9,11-12H2. The summed E-state index contributed by atoms with van der Waals surface area (Å²) in [5.74, 6) is 1.56. The lowest BCUT2D eigenvalue weighted by Crippen LogP contribution is -2.28. The fourth-order valence-corrected chi connectivity index (χ4v) is 6.14. The van der Waals surface area contributed by atoms with Gasteiger partial charge in [-0.15, -0.1) is 23.1 Å². The van der Waals surface area contributed by atoms with Gasteiger partial charge in [0.25, 0.3) is 0 Å². The van der Waals surface area contributed by atoms with Crippen molar-refractivity contribution in [3.05, 3.63) is 51.9 Å². The summed E-state index contributed by atoms with van der Waals surface area (Å²) in [4.78, 5) is 4.00. The first kappa shape index (κ1) is 14.3. The van der Waals surface area contributed by atoms with Gasteiger partial charge in [-0.25, -0.2) is 0 Å². The Morgan fingerprint density at radius 3 is 2.73 bits per heavy atom. The second kappa shape index (κ2) is 6.08. The fourth-order valence-electron chi connectivity index (χ4n) is 3.53. The van der Waals surface area contributed by atoms with E-state index in [-0.39, 0.29) is 0 Å². The molecule has 1 fully saturated rings. The Morgan fingerprint density at radius 1 is 1.23 bits per heavy atom. The Hall–Kier alpha value is -1.28. The molecule has 2 aromatic rings. The van der Waals surface area contributed by atoms with Crippen LogP contribution in [-0.4, -0.2) is 18.0 Å². The van der Waals surface area contributed by atoms with Crippen LogP contribution in [0.1, 0.15) is 40.3 Å². The molecule has 0 unspecified atom stereocenters. The van der Waals surface area contributed by atoms with Gasteiger partial charge in [-0.2, -0.15) is 5.26 Å². The number of rotatable bonds is 3. The molecule has 5 rings (SSSR count). The summed E-state index contributed by atoms with van der Waals surface area (Å²) in [6.45, 7) is 3.45. The Labute approximate surface area is 139 Å². The van der Waals surface area contributed by atoms with Crippen molar-refractivity contribution in [2.45, 2.75) is 35.3 Å². The molecule has 0 N–H and O–H groups in total. The molecule has 0 spiro atoms. The number of hydrogen-bond donors (Lipinski definition) is 0. The summed E-state index contributed by atoms with van der Waals surface area (Å²) < 4.78 is 1.23. The molecule has 112 valence electrons. The Morgan fingerprint density at radius 2 is 2.00 bits per heavy atom. The van der Waals surface area contributed by atoms with Gasteiger partial charge in [-0.1, -0.05) is 30.3 Å². The monoisotopic (exact) mass is 326 g/mol. The molecule has 2 nitrogen and oxygen atoms in total. The van der Waals surface area contributed by atoms with Gasteiger partial charge < -0.3 is 0 Å². The van der Waals surface area contributed by atoms with Crippen molar-refractivity contribution < 1.29 is 0 Å². The highest BCUT2D eigenvalue weighted by atomic mass is 32.2. The van der Waals surface area contributed by atoms with Crippen LogP contribution in [0.2, 0.25) is 0 Å². The Kier molecular flexibility index (Phi) is 3.96. The largest absolute Gasteiger partial charge is 0.298 e. The van der Waals surface area contributed by atoms with E-state index in [2.05, 4.69) is 35.2 Å². The van der Waals surface area contributed by atoms with Crippen LogP contribution in [0, 0.1) is 11.3 Å². The molecular weight excluding hydrogens is 308 g/mol. The van der Waals surface area contributed by atoms with Gasteiger partial charge in [0.2, 0.25) is 0 Å². The molecule has 0 radical (unpaired) electrons. The highest BCUT2D eigenvalue weighted by Crippen LogP contribution is 2.46. The molecule has 1 aromatic heterocycles. The molecule has 2 bridgehead atoms. The van der Waals surface area contributed by atoms with Crippen molar-refractivity contribution in [3.8, 4) is 6.07 Å². The predicted octanol–water partition coefficient (Wildman–Crippen LogP) is 4.61. The molecule has 0 aliphatic carbocycles. The number of thiophene rings is 1. The summed E-state index contributed by atoms with van der Waals surface area (Å²) in [6.07, 6.45) is 2.45. The summed E-state index contributed by atoms with van der Waals surface area (Å²) >= 11 is 3.70. The van der Waals surface area contributed by atoms with E-state index < -0.39 is 0 Å². The quantitative estimate of drug-likeness (QED) is 0.771. The van der Waals surface area contributed by atoms with E-state index >= 15 is 0 Å². The summed E-state index contributed by atoms with van der Waals surface area (Å²) in [5.41, 5.74) is 3.70. The smallest absolute Gasteiger partial charge is 0.102 e. The van der Waals surface area contributed by atoms with Crippen LogP contribution in [-0.2, 0) is 12.3 Å². The number of nitrogens with zero attached hydrogens (tertiary/aromatic N) is 2. The minimum atomic E-state index is 0.616. The maximum Gasteiger partial charge on any atom is 0.102 e. The number of benzene rings is 1. The highest BCUT2D eigenvalue weighted by Gasteiger charge is 2.32. The minimum Gasteiger partial charge on any atom is -0.298 e. The summed E-state index contributed by atoms with van der Waals surface area (Å²) in [7, 11) is 0. The first-order chi connectivity index (χ1) is 10.8. The van der Waals surface area contributed by atoms with Crippen LogP contribution >= 0.6 is 23.1 Å². The maximum atomic E-state index is 9.71. The molecular formula is C18H18N2S2. The first-order valence-corrected chi connectivity index (χ1v) is 9.60. The third kappa shape index (κ3) is 2.58. The zero-order valence-corrected chi connectivity index (χ0v) is 14.1. The van der Waals surface area contributed by atoms with Gasteiger partial charge in [0.15, 0.2) is 0 Å². The van der Waals surface area contributed by atoms with E-state index in [9.17, 15) is 5.26 Å². The van der Waals surface area contributed by atoms with E-state index in [1.165, 1.54) is 46.1 Å². The number of nitriles is 1. The van der Waals surface area contributed by atoms with Crippen LogP contribution in [0.3, 0.4) is 0 Å². The fraction of sp³-hybridized carbons (Fsp3) is 0.389. The van der Waals surface area contributed by atoms with Crippen molar-refractivity contribution in [1.82, 2.24) is 4.90 Å². The van der Waals surface area contributed by atoms with Crippen LogP contribution in [0.5, 0.6) is 0 Å². The minimum absolute atomic E-state index is 0.616. The Bertz CT molecular complexity index is 707. The lowest BCUT2D eigenvalue weighted by Gasteiger charge is -2.26. The summed E-state index contributed by atoms with van der Waals surface area (Å²) in [6, 6.07) is 13.0. The third-order valence-electron chi connectivity index (χ3n) is 4.68. The van der Waals surface area contributed by atoms with Gasteiger partial charge in [-0.05, 0) is 43.0 Å². The molecule has 3 aliphatic rings. The van der Waals surface area contributed by atoms with E-state index in [0.29, 0.717) is 5.92 Å². The molecule has 0 amide bonds. The molecule has 0 saturated carbocycles. The number of hydrogen-bond acceptors (Lipinski definition) is 4. The molecule has 3 aliphatic heterocycles. The Balaban J connectivity index is 1.63. The number of fused-ring (bicyclic) bond motifs is 2. The molecule has 0 atom stereocenters. The molecule has 4 heteroatoms. The number of piperidine rings is 1. The van der Waals surface area contributed by atoms with Gasteiger partial charge in [-0.3, -0.25) is 4.90 Å². The van der Waals surface area contributed by atoms with Gasteiger partial charge in [0.05, 0.1) is 9.77 Å². The van der Waals surface area contributed by atoms with E-state index in [4.69, 9.17) is 0 Å². The zero-order valence-electron chi connectivity index (χ0n) is 12.4. The molecule has 22 heavy (non-hydrogen) atoms. The van der Waals surface area contributed by atoms with Crippen LogP contribution in [0.25, 0.3) is 0 Å². The van der Waals surface area contributed by atoms with E-state index in [1.807, 2.05) is 29.2 Å². The van der Waals surface area contributed by atoms with Crippen LogP contribution in [0.4, 0.5) is 0 Å². The van der Waals surface area contributed by atoms with Crippen LogP contribution in [0.15, 0.2) is 34.5 Å². The first-order valence-electron chi connectivity index (χ1n) is 7.80. The normalized spacial score (nSPS) is 22.9. The van der Waals surface area contributed by atoms with E-state index in [1.54, 1.807) is 0 Å². The van der Waals surface area contributed by atoms with Gasteiger partial charge >= 0.3 is 0 Å². The van der Waals surface area contributed by atoms with Crippen molar-refractivity contribution in [2.75, 3.05) is 13.1 Å². The van der Waals surface area contributed by atoms with E-state index in [0.717, 1.165) is 17.9 Å². The molecule has 4 heterocycles.